The summed E-state index contributed by atoms with van der Waals surface area (Å²) in [5.41, 5.74) is 0.962. The number of piperidine rings is 1. The first-order valence-electron chi connectivity index (χ1n) is 7.60. The molecular formula is C16H23N3O2. The molecule has 0 aromatic heterocycles. The van der Waals surface area contributed by atoms with Crippen LogP contribution in [0.3, 0.4) is 0 Å². The van der Waals surface area contributed by atoms with Gasteiger partial charge in [-0.1, -0.05) is 12.1 Å². The van der Waals surface area contributed by atoms with Crippen molar-refractivity contribution in [3.8, 4) is 5.75 Å². The lowest BCUT2D eigenvalue weighted by Crippen LogP contribution is -2.51. The lowest BCUT2D eigenvalue weighted by molar-refractivity contribution is -0.140. The Balaban J connectivity index is 1.63. The van der Waals surface area contributed by atoms with Crippen LogP contribution in [0.15, 0.2) is 24.3 Å². The number of nitrogens with one attached hydrogen (secondary N) is 1. The second-order valence-corrected chi connectivity index (χ2v) is 5.97. The van der Waals surface area contributed by atoms with Gasteiger partial charge in [0.25, 0.3) is 5.91 Å². The zero-order valence-electron chi connectivity index (χ0n) is 12.7. The molecule has 1 unspecified atom stereocenters. The van der Waals surface area contributed by atoms with Gasteiger partial charge in [0, 0.05) is 13.1 Å². The van der Waals surface area contributed by atoms with E-state index in [4.69, 9.17) is 4.74 Å². The third kappa shape index (κ3) is 2.97. The number of anilines is 1. The van der Waals surface area contributed by atoms with Gasteiger partial charge in [0.2, 0.25) is 0 Å². The number of hydrogen-bond acceptors (Lipinski definition) is 4. The molecular weight excluding hydrogens is 266 g/mol. The predicted molar refractivity (Wildman–Crippen MR) is 82.6 cm³/mol. The van der Waals surface area contributed by atoms with Crippen LogP contribution in [0.4, 0.5) is 5.69 Å². The van der Waals surface area contributed by atoms with E-state index in [-0.39, 0.29) is 5.91 Å². The molecule has 114 valence electrons. The number of carbonyl (C=O) groups excluding carboxylic acids is 1. The van der Waals surface area contributed by atoms with Crippen LogP contribution in [-0.4, -0.2) is 61.6 Å². The van der Waals surface area contributed by atoms with E-state index >= 15 is 0 Å². The van der Waals surface area contributed by atoms with E-state index in [0.717, 1.165) is 37.4 Å². The Morgan fingerprint density at radius 1 is 1.33 bits per heavy atom. The number of nitrogens with zero attached hydrogens (tertiary/aromatic N) is 2. The largest absolute Gasteiger partial charge is 0.477 e. The first-order valence-corrected chi connectivity index (χ1v) is 7.60. The Hall–Kier alpha value is -1.75. The number of likely N-dealkylation sites (N-methyl/N-ethyl adjacent to an activating group) is 1. The van der Waals surface area contributed by atoms with E-state index in [2.05, 4.69) is 17.3 Å². The minimum atomic E-state index is -0.426. The van der Waals surface area contributed by atoms with Gasteiger partial charge < -0.3 is 19.9 Å². The molecule has 5 nitrogen and oxygen atoms in total. The highest BCUT2D eigenvalue weighted by atomic mass is 16.5. The molecule has 0 radical (unpaired) electrons. The van der Waals surface area contributed by atoms with Crippen molar-refractivity contribution in [2.45, 2.75) is 25.0 Å². The van der Waals surface area contributed by atoms with Crippen LogP contribution in [0, 0.1) is 0 Å². The van der Waals surface area contributed by atoms with Crippen LogP contribution in [0.5, 0.6) is 5.75 Å². The molecule has 0 saturated carbocycles. The summed E-state index contributed by atoms with van der Waals surface area (Å²) in [5.74, 6) is 0.838. The first-order chi connectivity index (χ1) is 10.1. The van der Waals surface area contributed by atoms with Gasteiger partial charge in [-0.15, -0.1) is 0 Å². The highest BCUT2D eigenvalue weighted by Gasteiger charge is 2.32. The molecule has 1 amide bonds. The van der Waals surface area contributed by atoms with Gasteiger partial charge in [0.15, 0.2) is 6.10 Å². The number of fused-ring (bicyclic) bond motifs is 1. The van der Waals surface area contributed by atoms with Gasteiger partial charge in [-0.3, -0.25) is 4.79 Å². The molecule has 3 rings (SSSR count). The molecule has 0 aliphatic carbocycles. The topological polar surface area (TPSA) is 44.8 Å². The van der Waals surface area contributed by atoms with Crippen molar-refractivity contribution in [1.29, 1.82) is 0 Å². The Morgan fingerprint density at radius 2 is 2.05 bits per heavy atom. The van der Waals surface area contributed by atoms with Gasteiger partial charge in [0.05, 0.1) is 12.2 Å². The standard InChI is InChI=1S/C16H23N3O2/c1-18-9-7-12(8-10-18)19(2)16(20)15-11-17-13-5-3-4-6-14(13)21-15/h3-6,12,15,17H,7-11H2,1-2H3. The van der Waals surface area contributed by atoms with E-state index in [0.29, 0.717) is 12.6 Å². The number of amides is 1. The maximum absolute atomic E-state index is 12.6. The Labute approximate surface area is 125 Å². The average molecular weight is 289 g/mol. The fraction of sp³-hybridized carbons (Fsp3) is 0.562. The Bertz CT molecular complexity index is 512. The van der Waals surface area contributed by atoms with E-state index in [1.807, 2.05) is 36.2 Å². The molecule has 2 aliphatic rings. The van der Waals surface area contributed by atoms with E-state index < -0.39 is 6.10 Å². The Morgan fingerprint density at radius 3 is 2.81 bits per heavy atom. The van der Waals surface area contributed by atoms with Crippen molar-refractivity contribution in [3.63, 3.8) is 0 Å². The van der Waals surface area contributed by atoms with Crippen LogP contribution in [0.1, 0.15) is 12.8 Å². The van der Waals surface area contributed by atoms with Crippen LogP contribution >= 0.6 is 0 Å². The molecule has 0 bridgehead atoms. The molecule has 1 aromatic carbocycles. The van der Waals surface area contributed by atoms with Gasteiger partial charge in [-0.05, 0) is 45.1 Å². The second-order valence-electron chi connectivity index (χ2n) is 5.97. The number of benzene rings is 1. The highest BCUT2D eigenvalue weighted by molar-refractivity contribution is 5.83. The maximum Gasteiger partial charge on any atom is 0.265 e. The van der Waals surface area contributed by atoms with E-state index in [9.17, 15) is 4.79 Å². The molecule has 5 heteroatoms. The molecule has 1 N–H and O–H groups in total. The summed E-state index contributed by atoms with van der Waals surface area (Å²) in [6.45, 7) is 2.64. The summed E-state index contributed by atoms with van der Waals surface area (Å²) < 4.78 is 5.86. The summed E-state index contributed by atoms with van der Waals surface area (Å²) in [7, 11) is 4.03. The van der Waals surface area contributed by atoms with Gasteiger partial charge in [0.1, 0.15) is 5.75 Å². The monoisotopic (exact) mass is 289 g/mol. The van der Waals surface area contributed by atoms with Crippen LogP contribution in [0.2, 0.25) is 0 Å². The lowest BCUT2D eigenvalue weighted by atomic mass is 10.0. The number of hydrogen-bond donors (Lipinski definition) is 1. The normalized spacial score (nSPS) is 22.9. The quantitative estimate of drug-likeness (QED) is 0.894. The molecule has 21 heavy (non-hydrogen) atoms. The minimum Gasteiger partial charge on any atom is -0.477 e. The summed E-state index contributed by atoms with van der Waals surface area (Å²) in [4.78, 5) is 16.8. The van der Waals surface area contributed by atoms with Gasteiger partial charge in [-0.25, -0.2) is 0 Å². The highest BCUT2D eigenvalue weighted by Crippen LogP contribution is 2.29. The summed E-state index contributed by atoms with van der Waals surface area (Å²) in [5, 5.41) is 3.28. The van der Waals surface area contributed by atoms with Crippen molar-refractivity contribution in [3.05, 3.63) is 24.3 Å². The van der Waals surface area contributed by atoms with Gasteiger partial charge >= 0.3 is 0 Å². The minimum absolute atomic E-state index is 0.0755. The van der Waals surface area contributed by atoms with Crippen LogP contribution < -0.4 is 10.1 Å². The smallest absolute Gasteiger partial charge is 0.265 e. The first kappa shape index (κ1) is 14.2. The van der Waals surface area contributed by atoms with Crippen molar-refractivity contribution in [2.75, 3.05) is 39.0 Å². The lowest BCUT2D eigenvalue weighted by Gasteiger charge is -2.37. The van der Waals surface area contributed by atoms with Crippen molar-refractivity contribution < 1.29 is 9.53 Å². The number of rotatable bonds is 2. The zero-order chi connectivity index (χ0) is 14.8. The van der Waals surface area contributed by atoms with Crippen LogP contribution in [0.25, 0.3) is 0 Å². The zero-order valence-corrected chi connectivity index (χ0v) is 12.7. The second kappa shape index (κ2) is 5.93. The summed E-state index contributed by atoms with van der Waals surface area (Å²) >= 11 is 0. The van der Waals surface area contributed by atoms with Crippen molar-refractivity contribution in [2.24, 2.45) is 0 Å². The van der Waals surface area contributed by atoms with Crippen LogP contribution in [-0.2, 0) is 4.79 Å². The number of likely N-dealkylation sites (tertiary alicyclic amines) is 1. The third-order valence-electron chi connectivity index (χ3n) is 4.49. The number of ether oxygens (including phenoxy) is 1. The summed E-state index contributed by atoms with van der Waals surface area (Å²) in [6, 6.07) is 8.08. The fourth-order valence-corrected chi connectivity index (χ4v) is 3.04. The predicted octanol–water partition coefficient (Wildman–Crippen LogP) is 1.41. The fourth-order valence-electron chi connectivity index (χ4n) is 3.04. The Kier molecular flexibility index (Phi) is 4.01. The van der Waals surface area contributed by atoms with Crippen molar-refractivity contribution >= 4 is 11.6 Å². The molecule has 2 aliphatic heterocycles. The summed E-state index contributed by atoms with van der Waals surface area (Å²) in [6.07, 6.45) is 1.65. The SMILES string of the molecule is CN1CCC(N(C)C(=O)C2CNc3ccccc3O2)CC1. The third-order valence-corrected chi connectivity index (χ3v) is 4.49. The van der Waals surface area contributed by atoms with Crippen molar-refractivity contribution in [1.82, 2.24) is 9.80 Å². The number of para-hydroxylation sites is 2. The molecule has 1 saturated heterocycles. The number of carbonyl (C=O) groups is 1. The maximum atomic E-state index is 12.6. The molecule has 1 fully saturated rings. The molecule has 0 spiro atoms. The molecule has 1 atom stereocenters. The molecule has 1 aromatic rings. The van der Waals surface area contributed by atoms with E-state index in [1.165, 1.54) is 0 Å². The average Bonchev–Trinajstić information content (AvgIpc) is 2.54. The molecule has 2 heterocycles. The van der Waals surface area contributed by atoms with Gasteiger partial charge in [-0.2, -0.15) is 0 Å². The van der Waals surface area contributed by atoms with E-state index in [1.54, 1.807) is 0 Å².